The number of halogens is 2. The molecule has 4 rings (SSSR count). The van der Waals surface area contributed by atoms with Crippen molar-refractivity contribution >= 4 is 11.9 Å². The summed E-state index contributed by atoms with van der Waals surface area (Å²) in [6.45, 7) is 3.30. The summed E-state index contributed by atoms with van der Waals surface area (Å²) in [7, 11) is 0. The molecule has 36 heavy (non-hydrogen) atoms. The number of dihydropyridines is 1. The van der Waals surface area contributed by atoms with Crippen LogP contribution in [0.1, 0.15) is 51.0 Å². The molecule has 1 heterocycles. The zero-order valence-electron chi connectivity index (χ0n) is 20.3. The van der Waals surface area contributed by atoms with Crippen LogP contribution in [0.25, 0.3) is 0 Å². The maximum Gasteiger partial charge on any atom is 0.337 e. The number of carbonyl (C=O) groups excluding carboxylic acids is 2. The molecule has 1 saturated carbocycles. The number of hydrogen-bond acceptors (Lipinski definition) is 6. The second-order valence-electron chi connectivity index (χ2n) is 8.91. The van der Waals surface area contributed by atoms with Crippen molar-refractivity contribution in [2.45, 2.75) is 51.6 Å². The molecule has 1 N–H and O–H groups in total. The molecule has 0 amide bonds. The van der Waals surface area contributed by atoms with Gasteiger partial charge in [-0.1, -0.05) is 18.2 Å². The smallest absolute Gasteiger partial charge is 0.337 e. The number of benzene rings is 2. The van der Waals surface area contributed by atoms with Gasteiger partial charge in [0.15, 0.2) is 0 Å². The molecule has 1 aliphatic heterocycles. The number of para-hydroxylation sites is 1. The molecule has 1 unspecified atom stereocenters. The molecule has 1 fully saturated rings. The number of allylic oxidation sites excluding steroid dienone is 2. The van der Waals surface area contributed by atoms with Gasteiger partial charge in [-0.25, -0.2) is 18.4 Å². The van der Waals surface area contributed by atoms with Gasteiger partial charge < -0.3 is 19.5 Å². The second-order valence-corrected chi connectivity index (χ2v) is 8.91. The minimum absolute atomic E-state index is 0.0168. The summed E-state index contributed by atoms with van der Waals surface area (Å²) in [4.78, 5) is 26.6. The van der Waals surface area contributed by atoms with Crippen LogP contribution < -0.4 is 10.1 Å². The Morgan fingerprint density at radius 3 is 2.28 bits per heavy atom. The van der Waals surface area contributed by atoms with E-state index in [9.17, 15) is 14.0 Å². The van der Waals surface area contributed by atoms with E-state index < -0.39 is 29.5 Å². The van der Waals surface area contributed by atoms with Gasteiger partial charge in [-0.15, -0.1) is 0 Å². The summed E-state index contributed by atoms with van der Waals surface area (Å²) in [6.07, 6.45) is 3.16. The molecular weight excluding hydrogens is 468 g/mol. The standard InChI is InChI=1S/C28H29F2NO5/c1-17-24(27(32)35-15-14-34-20-8-4-3-5-9-20)26(22-16-19(29)12-13-23(22)30)25(18(2)31-17)28(33)36-21-10-6-7-11-21/h3-5,8-9,12-13,16,21,26,31H,6-7,10-11,14-15H2,1-2H3. The number of esters is 2. The third-order valence-electron chi connectivity index (χ3n) is 6.37. The van der Waals surface area contributed by atoms with E-state index in [4.69, 9.17) is 14.2 Å². The molecule has 6 nitrogen and oxygen atoms in total. The van der Waals surface area contributed by atoms with Crippen LogP contribution in [0, 0.1) is 11.6 Å². The number of nitrogens with one attached hydrogen (secondary N) is 1. The Balaban J connectivity index is 1.60. The van der Waals surface area contributed by atoms with Crippen LogP contribution in [0.2, 0.25) is 0 Å². The molecular formula is C28H29F2NO5. The van der Waals surface area contributed by atoms with Gasteiger partial charge in [0.05, 0.1) is 17.1 Å². The van der Waals surface area contributed by atoms with Crippen molar-refractivity contribution in [2.24, 2.45) is 0 Å². The number of ether oxygens (including phenoxy) is 3. The highest BCUT2D eigenvalue weighted by atomic mass is 19.1. The lowest BCUT2D eigenvalue weighted by Gasteiger charge is -2.31. The van der Waals surface area contributed by atoms with Gasteiger partial charge >= 0.3 is 11.9 Å². The maximum absolute atomic E-state index is 15.0. The lowest BCUT2D eigenvalue weighted by Crippen LogP contribution is -2.34. The number of rotatable bonds is 8. The minimum atomic E-state index is -1.20. The fourth-order valence-corrected chi connectivity index (χ4v) is 4.69. The lowest BCUT2D eigenvalue weighted by atomic mass is 9.80. The van der Waals surface area contributed by atoms with Crippen LogP contribution in [-0.4, -0.2) is 31.3 Å². The van der Waals surface area contributed by atoms with E-state index in [1.165, 1.54) is 0 Å². The van der Waals surface area contributed by atoms with Crippen LogP contribution in [-0.2, 0) is 19.1 Å². The van der Waals surface area contributed by atoms with Crippen molar-refractivity contribution in [1.29, 1.82) is 0 Å². The largest absolute Gasteiger partial charge is 0.490 e. The van der Waals surface area contributed by atoms with Crippen molar-refractivity contribution in [3.8, 4) is 5.75 Å². The highest BCUT2D eigenvalue weighted by Gasteiger charge is 2.40. The Labute approximate surface area is 208 Å². The molecule has 190 valence electrons. The Morgan fingerprint density at radius 2 is 1.58 bits per heavy atom. The van der Waals surface area contributed by atoms with Crippen LogP contribution in [0.3, 0.4) is 0 Å². The Kier molecular flexibility index (Phi) is 8.03. The highest BCUT2D eigenvalue weighted by molar-refractivity contribution is 6.00. The first-order valence-corrected chi connectivity index (χ1v) is 12.0. The first-order chi connectivity index (χ1) is 17.3. The molecule has 2 aromatic rings. The summed E-state index contributed by atoms with van der Waals surface area (Å²) < 4.78 is 46.0. The molecule has 0 saturated heterocycles. The van der Waals surface area contributed by atoms with Crippen LogP contribution in [0.4, 0.5) is 8.78 Å². The van der Waals surface area contributed by atoms with E-state index >= 15 is 4.39 Å². The van der Waals surface area contributed by atoms with Crippen LogP contribution in [0.5, 0.6) is 5.75 Å². The van der Waals surface area contributed by atoms with Crippen LogP contribution in [0.15, 0.2) is 71.1 Å². The molecule has 0 radical (unpaired) electrons. The molecule has 1 aliphatic carbocycles. The summed E-state index contributed by atoms with van der Waals surface area (Å²) in [5.74, 6) is -3.42. The van der Waals surface area contributed by atoms with E-state index in [2.05, 4.69) is 5.32 Å². The zero-order valence-corrected chi connectivity index (χ0v) is 20.3. The van der Waals surface area contributed by atoms with Crippen molar-refractivity contribution in [3.05, 3.63) is 88.3 Å². The van der Waals surface area contributed by atoms with E-state index in [1.54, 1.807) is 26.0 Å². The van der Waals surface area contributed by atoms with Gasteiger partial charge in [0.1, 0.15) is 36.7 Å². The SMILES string of the molecule is CC1=C(C(=O)OCCOc2ccccc2)C(c2cc(F)ccc2F)C(C(=O)OC2CCCC2)=C(C)N1. The summed E-state index contributed by atoms with van der Waals surface area (Å²) in [5.41, 5.74) is 0.731. The normalized spacial score (nSPS) is 18.2. The quantitative estimate of drug-likeness (QED) is 0.394. The van der Waals surface area contributed by atoms with E-state index in [1.807, 2.05) is 18.2 Å². The third kappa shape index (κ3) is 5.75. The molecule has 1 atom stereocenters. The first-order valence-electron chi connectivity index (χ1n) is 12.0. The second kappa shape index (κ2) is 11.4. The first kappa shape index (κ1) is 25.4. The maximum atomic E-state index is 15.0. The summed E-state index contributed by atoms with van der Waals surface area (Å²) in [6, 6.07) is 12.0. The lowest BCUT2D eigenvalue weighted by molar-refractivity contribution is -0.144. The topological polar surface area (TPSA) is 73.9 Å². The highest BCUT2D eigenvalue weighted by Crippen LogP contribution is 2.41. The van der Waals surface area contributed by atoms with Gasteiger partial charge in [0, 0.05) is 17.0 Å². The molecule has 0 aromatic heterocycles. The predicted molar refractivity (Wildman–Crippen MR) is 129 cm³/mol. The van der Waals surface area contributed by atoms with E-state index in [-0.39, 0.29) is 36.0 Å². The van der Waals surface area contributed by atoms with Crippen molar-refractivity contribution in [3.63, 3.8) is 0 Å². The third-order valence-corrected chi connectivity index (χ3v) is 6.37. The zero-order chi connectivity index (χ0) is 25.7. The molecule has 0 spiro atoms. The van der Waals surface area contributed by atoms with Crippen molar-refractivity contribution in [2.75, 3.05) is 13.2 Å². The Morgan fingerprint density at radius 1 is 0.917 bits per heavy atom. The predicted octanol–water partition coefficient (Wildman–Crippen LogP) is 5.31. The molecule has 2 aliphatic rings. The summed E-state index contributed by atoms with van der Waals surface area (Å²) >= 11 is 0. The fourth-order valence-electron chi connectivity index (χ4n) is 4.69. The van der Waals surface area contributed by atoms with Gasteiger partial charge in [-0.05, 0) is 69.9 Å². The van der Waals surface area contributed by atoms with Gasteiger partial charge in [0.25, 0.3) is 0 Å². The van der Waals surface area contributed by atoms with E-state index in [0.717, 1.165) is 43.9 Å². The van der Waals surface area contributed by atoms with Crippen LogP contribution >= 0.6 is 0 Å². The Hall–Kier alpha value is -3.68. The van der Waals surface area contributed by atoms with Gasteiger partial charge in [0.2, 0.25) is 0 Å². The Bertz CT molecular complexity index is 1190. The van der Waals surface area contributed by atoms with Gasteiger partial charge in [-0.2, -0.15) is 0 Å². The monoisotopic (exact) mass is 497 g/mol. The van der Waals surface area contributed by atoms with Crippen molar-refractivity contribution < 1.29 is 32.6 Å². The molecule has 0 bridgehead atoms. The summed E-state index contributed by atoms with van der Waals surface area (Å²) in [5, 5.41) is 3.03. The molecule has 2 aromatic carbocycles. The average molecular weight is 498 g/mol. The average Bonchev–Trinajstić information content (AvgIpc) is 3.36. The minimum Gasteiger partial charge on any atom is -0.490 e. The van der Waals surface area contributed by atoms with E-state index in [0.29, 0.717) is 17.1 Å². The fraction of sp³-hybridized carbons (Fsp3) is 0.357. The number of hydrogen-bond donors (Lipinski definition) is 1. The van der Waals surface area contributed by atoms with Gasteiger partial charge in [-0.3, -0.25) is 0 Å². The number of carbonyl (C=O) groups is 2. The molecule has 8 heteroatoms. The van der Waals surface area contributed by atoms with Crippen molar-refractivity contribution in [1.82, 2.24) is 5.32 Å².